The van der Waals surface area contributed by atoms with Crippen molar-refractivity contribution in [3.05, 3.63) is 24.3 Å². The molecular formula is C14H19F3N2O. The van der Waals surface area contributed by atoms with E-state index >= 15 is 0 Å². The Hall–Kier alpha value is -1.43. The summed E-state index contributed by atoms with van der Waals surface area (Å²) < 4.78 is 42.0. The van der Waals surface area contributed by atoms with Crippen LogP contribution in [0.2, 0.25) is 0 Å². The lowest BCUT2D eigenvalue weighted by Crippen LogP contribution is -2.43. The molecule has 3 nitrogen and oxygen atoms in total. The topological polar surface area (TPSA) is 24.5 Å². The highest BCUT2D eigenvalue weighted by atomic mass is 19.4. The van der Waals surface area contributed by atoms with Gasteiger partial charge in [-0.15, -0.1) is 0 Å². The van der Waals surface area contributed by atoms with E-state index in [1.807, 2.05) is 24.3 Å². The van der Waals surface area contributed by atoms with E-state index in [2.05, 4.69) is 5.32 Å². The second-order valence-electron chi connectivity index (χ2n) is 5.04. The lowest BCUT2D eigenvalue weighted by Gasteiger charge is -2.33. The summed E-state index contributed by atoms with van der Waals surface area (Å²) in [7, 11) is 1.61. The molecule has 1 N–H and O–H groups in total. The van der Waals surface area contributed by atoms with Crippen LogP contribution in [0.4, 0.5) is 18.9 Å². The molecule has 1 aromatic carbocycles. The Labute approximate surface area is 116 Å². The summed E-state index contributed by atoms with van der Waals surface area (Å²) in [4.78, 5) is 1.46. The highest BCUT2D eigenvalue weighted by Gasteiger charge is 2.32. The number of alkyl halides is 3. The first-order valence-electron chi connectivity index (χ1n) is 6.66. The maximum atomic E-state index is 12.3. The third kappa shape index (κ3) is 4.59. The van der Waals surface area contributed by atoms with Crippen LogP contribution in [0, 0.1) is 0 Å². The Morgan fingerprint density at radius 3 is 2.60 bits per heavy atom. The SMILES string of the molecule is COc1cccc(NC2CCN(CC(F)(F)F)CC2)c1. The predicted octanol–water partition coefficient (Wildman–Crippen LogP) is 3.13. The monoisotopic (exact) mass is 288 g/mol. The molecule has 0 radical (unpaired) electrons. The molecule has 1 heterocycles. The standard InChI is InChI=1S/C14H19F3N2O/c1-20-13-4-2-3-12(9-13)18-11-5-7-19(8-6-11)10-14(15,16)17/h2-4,9,11,18H,5-8,10H2,1H3. The largest absolute Gasteiger partial charge is 0.497 e. The van der Waals surface area contributed by atoms with Gasteiger partial charge in [-0.05, 0) is 25.0 Å². The van der Waals surface area contributed by atoms with Gasteiger partial charge in [-0.3, -0.25) is 4.90 Å². The first kappa shape index (κ1) is 15.0. The Morgan fingerprint density at radius 1 is 1.30 bits per heavy atom. The Balaban J connectivity index is 1.82. The third-order valence-corrected chi connectivity index (χ3v) is 3.43. The van der Waals surface area contributed by atoms with Crippen LogP contribution in [0.15, 0.2) is 24.3 Å². The van der Waals surface area contributed by atoms with Crippen molar-refractivity contribution in [3.63, 3.8) is 0 Å². The summed E-state index contributed by atoms with van der Waals surface area (Å²) in [5, 5.41) is 3.35. The van der Waals surface area contributed by atoms with Gasteiger partial charge in [0.15, 0.2) is 0 Å². The minimum atomic E-state index is -4.10. The number of nitrogens with zero attached hydrogens (tertiary/aromatic N) is 1. The van der Waals surface area contributed by atoms with E-state index in [9.17, 15) is 13.2 Å². The van der Waals surface area contributed by atoms with Crippen molar-refractivity contribution in [1.82, 2.24) is 4.90 Å². The van der Waals surface area contributed by atoms with Crippen LogP contribution in [0.3, 0.4) is 0 Å². The van der Waals surface area contributed by atoms with Gasteiger partial charge in [-0.2, -0.15) is 13.2 Å². The molecule has 2 rings (SSSR count). The summed E-state index contributed by atoms with van der Waals surface area (Å²) in [6, 6.07) is 7.79. The zero-order valence-corrected chi connectivity index (χ0v) is 11.4. The van der Waals surface area contributed by atoms with E-state index < -0.39 is 12.7 Å². The number of likely N-dealkylation sites (tertiary alicyclic amines) is 1. The Morgan fingerprint density at radius 2 is 2.00 bits per heavy atom. The number of halogens is 3. The molecule has 0 spiro atoms. The number of methoxy groups -OCH3 is 1. The molecule has 0 aromatic heterocycles. The predicted molar refractivity (Wildman–Crippen MR) is 72.1 cm³/mol. The van der Waals surface area contributed by atoms with Crippen molar-refractivity contribution in [2.75, 3.05) is 32.1 Å². The van der Waals surface area contributed by atoms with Gasteiger partial charge in [-0.25, -0.2) is 0 Å². The fourth-order valence-electron chi connectivity index (χ4n) is 2.44. The van der Waals surface area contributed by atoms with Gasteiger partial charge in [0.05, 0.1) is 13.7 Å². The fourth-order valence-corrected chi connectivity index (χ4v) is 2.44. The molecule has 0 unspecified atom stereocenters. The molecule has 0 saturated carbocycles. The second-order valence-corrected chi connectivity index (χ2v) is 5.04. The smallest absolute Gasteiger partial charge is 0.401 e. The minimum absolute atomic E-state index is 0.214. The van der Waals surface area contributed by atoms with Gasteiger partial charge in [0.2, 0.25) is 0 Å². The summed E-state index contributed by atoms with van der Waals surface area (Å²) in [5.74, 6) is 0.768. The van der Waals surface area contributed by atoms with Gasteiger partial charge in [0.25, 0.3) is 0 Å². The zero-order valence-electron chi connectivity index (χ0n) is 11.4. The van der Waals surface area contributed by atoms with E-state index in [1.165, 1.54) is 4.90 Å². The summed E-state index contributed by atoms with van der Waals surface area (Å²) in [6.07, 6.45) is -2.67. The van der Waals surface area contributed by atoms with Crippen molar-refractivity contribution in [3.8, 4) is 5.75 Å². The van der Waals surface area contributed by atoms with Crippen molar-refractivity contribution >= 4 is 5.69 Å². The summed E-state index contributed by atoms with van der Waals surface area (Å²) in [5.41, 5.74) is 0.943. The number of nitrogens with one attached hydrogen (secondary N) is 1. The van der Waals surface area contributed by atoms with Crippen molar-refractivity contribution in [2.24, 2.45) is 0 Å². The summed E-state index contributed by atoms with van der Waals surface area (Å²) in [6.45, 7) is 0.140. The number of anilines is 1. The van der Waals surface area contributed by atoms with Crippen LogP contribution in [0.5, 0.6) is 5.75 Å². The average Bonchev–Trinajstić information content (AvgIpc) is 2.40. The van der Waals surface area contributed by atoms with Crippen LogP contribution >= 0.6 is 0 Å². The number of rotatable bonds is 4. The first-order valence-corrected chi connectivity index (χ1v) is 6.66. The molecule has 1 aromatic rings. The van der Waals surface area contributed by atoms with Crippen molar-refractivity contribution < 1.29 is 17.9 Å². The third-order valence-electron chi connectivity index (χ3n) is 3.43. The number of ether oxygens (including phenoxy) is 1. The van der Waals surface area contributed by atoms with Crippen molar-refractivity contribution in [1.29, 1.82) is 0 Å². The fraction of sp³-hybridized carbons (Fsp3) is 0.571. The molecule has 112 valence electrons. The quantitative estimate of drug-likeness (QED) is 0.921. The number of hydrogen-bond donors (Lipinski definition) is 1. The lowest BCUT2D eigenvalue weighted by molar-refractivity contribution is -0.147. The molecular weight excluding hydrogens is 269 g/mol. The maximum absolute atomic E-state index is 12.3. The van der Waals surface area contributed by atoms with Crippen molar-refractivity contribution in [2.45, 2.75) is 25.1 Å². The maximum Gasteiger partial charge on any atom is 0.401 e. The molecule has 1 aliphatic rings. The van der Waals surface area contributed by atoms with Crippen LogP contribution < -0.4 is 10.1 Å². The molecule has 0 bridgehead atoms. The normalized spacial score (nSPS) is 18.0. The number of benzene rings is 1. The van der Waals surface area contributed by atoms with Crippen LogP contribution in [0.1, 0.15) is 12.8 Å². The van der Waals surface area contributed by atoms with Gasteiger partial charge in [-0.1, -0.05) is 6.07 Å². The molecule has 1 saturated heterocycles. The molecule has 1 fully saturated rings. The number of piperidine rings is 1. The van der Waals surface area contributed by atoms with Crippen LogP contribution in [-0.4, -0.2) is 43.9 Å². The van der Waals surface area contributed by atoms with Crippen LogP contribution in [-0.2, 0) is 0 Å². The molecule has 6 heteroatoms. The van der Waals surface area contributed by atoms with Gasteiger partial charge in [0, 0.05) is 30.9 Å². The minimum Gasteiger partial charge on any atom is -0.497 e. The van der Waals surface area contributed by atoms with Gasteiger partial charge < -0.3 is 10.1 Å². The Bertz CT molecular complexity index is 429. The highest BCUT2D eigenvalue weighted by Crippen LogP contribution is 2.23. The Kier molecular flexibility index (Phi) is 4.75. The zero-order chi connectivity index (χ0) is 14.6. The van der Waals surface area contributed by atoms with Gasteiger partial charge >= 0.3 is 6.18 Å². The van der Waals surface area contributed by atoms with Gasteiger partial charge in [0.1, 0.15) is 5.75 Å². The molecule has 1 aliphatic heterocycles. The van der Waals surface area contributed by atoms with E-state index in [4.69, 9.17) is 4.74 Å². The van der Waals surface area contributed by atoms with E-state index in [1.54, 1.807) is 7.11 Å². The molecule has 20 heavy (non-hydrogen) atoms. The van der Waals surface area contributed by atoms with Crippen LogP contribution in [0.25, 0.3) is 0 Å². The lowest BCUT2D eigenvalue weighted by atomic mass is 10.0. The summed E-state index contributed by atoms with van der Waals surface area (Å²) >= 11 is 0. The van der Waals surface area contributed by atoms with E-state index in [-0.39, 0.29) is 6.04 Å². The first-order chi connectivity index (χ1) is 9.46. The molecule has 0 amide bonds. The number of hydrogen-bond acceptors (Lipinski definition) is 3. The average molecular weight is 288 g/mol. The highest BCUT2D eigenvalue weighted by molar-refractivity contribution is 5.48. The molecule has 0 atom stereocenters. The van der Waals surface area contributed by atoms with E-state index in [0.29, 0.717) is 25.9 Å². The molecule has 0 aliphatic carbocycles. The van der Waals surface area contributed by atoms with E-state index in [0.717, 1.165) is 11.4 Å². The second kappa shape index (κ2) is 6.35.